The molecule has 0 radical (unpaired) electrons. The third-order valence-electron chi connectivity index (χ3n) is 0.487. The van der Waals surface area contributed by atoms with Crippen LogP contribution in [0.3, 0.4) is 0 Å². The van der Waals surface area contributed by atoms with Crippen molar-refractivity contribution in [1.82, 2.24) is 0 Å². The first-order chi connectivity index (χ1) is 2.41. The molecule has 0 aliphatic carbocycles. The van der Waals surface area contributed by atoms with Gasteiger partial charge < -0.3 is 0 Å². The van der Waals surface area contributed by atoms with Gasteiger partial charge in [0.25, 0.3) is 0 Å². The van der Waals surface area contributed by atoms with Crippen molar-refractivity contribution in [2.75, 3.05) is 5.88 Å². The van der Waals surface area contributed by atoms with Gasteiger partial charge in [-0.25, -0.2) is 0 Å². The van der Waals surface area contributed by atoms with Crippen LogP contribution in [0.4, 0.5) is 0 Å². The highest BCUT2D eigenvalue weighted by Crippen LogP contribution is 1.86. The molecule has 0 atom stereocenters. The summed E-state index contributed by atoms with van der Waals surface area (Å²) < 4.78 is 0. The highest BCUT2D eigenvalue weighted by atomic mass is 127. The molecule has 0 N–H and O–H groups in total. The molecule has 0 saturated heterocycles. The van der Waals surface area contributed by atoms with Crippen molar-refractivity contribution < 1.29 is 0 Å². The van der Waals surface area contributed by atoms with Gasteiger partial charge in [0.1, 0.15) is 0 Å². The molecule has 0 aliphatic rings. The van der Waals surface area contributed by atoms with Crippen LogP contribution < -0.4 is 0 Å². The largest absolute Gasteiger partial charge is 0.127 e. The van der Waals surface area contributed by atoms with Crippen LogP contribution in [-0.2, 0) is 0 Å². The lowest BCUT2D eigenvalue weighted by molar-refractivity contribution is 0.892. The van der Waals surface area contributed by atoms with E-state index in [0.717, 1.165) is 12.3 Å². The molecule has 40 valence electrons. The first-order valence-electron chi connectivity index (χ1n) is 1.97. The average molecular weight is 220 g/mol. The van der Waals surface area contributed by atoms with E-state index in [4.69, 9.17) is 11.6 Å². The summed E-state index contributed by atoms with van der Waals surface area (Å²) in [5.74, 6) is 0.816. The molecule has 0 aromatic carbocycles. The van der Waals surface area contributed by atoms with Crippen LogP contribution >= 0.6 is 35.6 Å². The van der Waals surface area contributed by atoms with E-state index in [0.29, 0.717) is 0 Å². The van der Waals surface area contributed by atoms with E-state index in [-0.39, 0.29) is 24.0 Å². The Hall–Kier alpha value is 1.02. The molecule has 0 unspecified atom stereocenters. The lowest BCUT2D eigenvalue weighted by Crippen LogP contribution is -1.65. The van der Waals surface area contributed by atoms with Gasteiger partial charge in [-0.15, -0.1) is 35.6 Å². The molecule has 0 bridgehead atoms. The van der Waals surface area contributed by atoms with Gasteiger partial charge in [-0.1, -0.05) is 13.3 Å². The molecule has 0 heterocycles. The molecule has 0 amide bonds. The molecule has 2 heteroatoms. The van der Waals surface area contributed by atoms with Crippen molar-refractivity contribution >= 4 is 35.6 Å². The summed E-state index contributed by atoms with van der Waals surface area (Å²) in [6.07, 6.45) is 2.37. The molecule has 0 saturated carbocycles. The fourth-order valence-electron chi connectivity index (χ4n) is 0.134. The Balaban J connectivity index is 0. The van der Waals surface area contributed by atoms with Crippen molar-refractivity contribution in [2.45, 2.75) is 19.8 Å². The van der Waals surface area contributed by atoms with Crippen LogP contribution in [0.5, 0.6) is 0 Å². The van der Waals surface area contributed by atoms with E-state index < -0.39 is 0 Å². The minimum atomic E-state index is 0. The quantitative estimate of drug-likeness (QED) is 0.496. The highest BCUT2D eigenvalue weighted by Gasteiger charge is 1.70. The summed E-state index contributed by atoms with van der Waals surface area (Å²) in [5, 5.41) is 0. The fraction of sp³-hybridized carbons (Fsp3) is 1.00. The Morgan fingerprint density at radius 3 is 2.00 bits per heavy atom. The van der Waals surface area contributed by atoms with E-state index in [9.17, 15) is 0 Å². The molecular weight excluding hydrogens is 210 g/mol. The molecule has 0 rings (SSSR count). The number of hydrogen-bond acceptors (Lipinski definition) is 0. The topological polar surface area (TPSA) is 0 Å². The molecule has 0 aliphatic heterocycles. The normalized spacial score (nSPS) is 7.00. The average Bonchev–Trinajstić information content (AvgIpc) is 1.41. The van der Waals surface area contributed by atoms with Crippen LogP contribution in [-0.4, -0.2) is 5.88 Å². The number of rotatable bonds is 2. The summed E-state index contributed by atoms with van der Waals surface area (Å²) in [5.41, 5.74) is 0. The van der Waals surface area contributed by atoms with Crippen molar-refractivity contribution in [1.29, 1.82) is 0 Å². The van der Waals surface area contributed by atoms with E-state index in [1.54, 1.807) is 0 Å². The smallest absolute Gasteiger partial charge is 0.0223 e. The Labute approximate surface area is 61.3 Å². The molecule has 0 spiro atoms. The van der Waals surface area contributed by atoms with Crippen molar-refractivity contribution in [3.63, 3.8) is 0 Å². The maximum absolute atomic E-state index is 5.30. The second-order valence-corrected chi connectivity index (χ2v) is 1.42. The van der Waals surface area contributed by atoms with Gasteiger partial charge in [-0.2, -0.15) is 0 Å². The third-order valence-corrected chi connectivity index (χ3v) is 0.754. The zero-order valence-corrected chi connectivity index (χ0v) is 6.99. The number of alkyl halides is 1. The summed E-state index contributed by atoms with van der Waals surface area (Å²) in [4.78, 5) is 0. The first kappa shape index (κ1) is 10.1. The van der Waals surface area contributed by atoms with Crippen LogP contribution in [0.15, 0.2) is 0 Å². The van der Waals surface area contributed by atoms with Gasteiger partial charge in [-0.3, -0.25) is 0 Å². The lowest BCUT2D eigenvalue weighted by atomic mass is 10.4. The minimum absolute atomic E-state index is 0. The van der Waals surface area contributed by atoms with Gasteiger partial charge in [0.15, 0.2) is 0 Å². The van der Waals surface area contributed by atoms with E-state index in [2.05, 4.69) is 6.92 Å². The summed E-state index contributed by atoms with van der Waals surface area (Å²) >= 11 is 5.30. The molecule has 0 aromatic rings. The molecule has 0 fully saturated rings. The molecule has 6 heavy (non-hydrogen) atoms. The van der Waals surface area contributed by atoms with Crippen LogP contribution in [0, 0.1) is 0 Å². The van der Waals surface area contributed by atoms with Gasteiger partial charge >= 0.3 is 0 Å². The van der Waals surface area contributed by atoms with E-state index in [1.165, 1.54) is 6.42 Å². The monoisotopic (exact) mass is 220 g/mol. The number of halogens is 2. The SMILES string of the molecule is CCCCCl.I. The fourth-order valence-corrected chi connectivity index (χ4v) is 0.401. The summed E-state index contributed by atoms with van der Waals surface area (Å²) in [6.45, 7) is 2.13. The molecular formula is C4H10ClI. The predicted molar refractivity (Wildman–Crippen MR) is 41.0 cm³/mol. The summed E-state index contributed by atoms with van der Waals surface area (Å²) in [7, 11) is 0. The van der Waals surface area contributed by atoms with E-state index >= 15 is 0 Å². The minimum Gasteiger partial charge on any atom is -0.127 e. The standard InChI is InChI=1S/C4H9Cl.HI/c1-2-3-4-5;/h2-4H2,1H3;1H. The highest BCUT2D eigenvalue weighted by molar-refractivity contribution is 14.0. The van der Waals surface area contributed by atoms with Crippen LogP contribution in [0.25, 0.3) is 0 Å². The second kappa shape index (κ2) is 9.39. The first-order valence-corrected chi connectivity index (χ1v) is 2.51. The Kier molecular flexibility index (Phi) is 15.8. The number of unbranched alkanes of at least 4 members (excludes halogenated alkanes) is 1. The van der Waals surface area contributed by atoms with Crippen molar-refractivity contribution in [3.8, 4) is 0 Å². The van der Waals surface area contributed by atoms with Crippen LogP contribution in [0.2, 0.25) is 0 Å². The van der Waals surface area contributed by atoms with E-state index in [1.807, 2.05) is 0 Å². The summed E-state index contributed by atoms with van der Waals surface area (Å²) in [6, 6.07) is 0. The van der Waals surface area contributed by atoms with Crippen molar-refractivity contribution in [3.05, 3.63) is 0 Å². The Bertz CT molecular complexity index is 15.0. The lowest BCUT2D eigenvalue weighted by Gasteiger charge is -1.77. The molecule has 0 aromatic heterocycles. The van der Waals surface area contributed by atoms with Crippen molar-refractivity contribution in [2.24, 2.45) is 0 Å². The second-order valence-electron chi connectivity index (χ2n) is 1.04. The maximum atomic E-state index is 5.30. The van der Waals surface area contributed by atoms with Gasteiger partial charge in [0.05, 0.1) is 0 Å². The zero-order chi connectivity index (χ0) is 4.12. The zero-order valence-electron chi connectivity index (χ0n) is 3.91. The van der Waals surface area contributed by atoms with Gasteiger partial charge in [0.2, 0.25) is 0 Å². The maximum Gasteiger partial charge on any atom is 0.0223 e. The Morgan fingerprint density at radius 1 is 1.50 bits per heavy atom. The van der Waals surface area contributed by atoms with Gasteiger partial charge in [0, 0.05) is 5.88 Å². The van der Waals surface area contributed by atoms with Crippen LogP contribution in [0.1, 0.15) is 19.8 Å². The molecule has 0 nitrogen and oxygen atoms in total. The van der Waals surface area contributed by atoms with Gasteiger partial charge in [-0.05, 0) is 6.42 Å². The third kappa shape index (κ3) is 8.89. The Morgan fingerprint density at radius 2 is 2.00 bits per heavy atom. The number of hydrogen-bond donors (Lipinski definition) is 0. The predicted octanol–water partition coefficient (Wildman–Crippen LogP) is 2.64.